The highest BCUT2D eigenvalue weighted by molar-refractivity contribution is 5.81. The Labute approximate surface area is 177 Å². The molecule has 2 unspecified atom stereocenters. The van der Waals surface area contributed by atoms with Gasteiger partial charge in [-0.3, -0.25) is 0 Å². The van der Waals surface area contributed by atoms with Crippen LogP contribution in [0.5, 0.6) is 0 Å². The maximum Gasteiger partial charge on any atom is 0.332 e. The smallest absolute Gasteiger partial charge is 0.332 e. The van der Waals surface area contributed by atoms with Crippen LogP contribution in [0.3, 0.4) is 0 Å². The first kappa shape index (κ1) is 31.0. The van der Waals surface area contributed by atoms with E-state index in [1.165, 1.54) is 0 Å². The van der Waals surface area contributed by atoms with Gasteiger partial charge < -0.3 is 49.6 Å². The van der Waals surface area contributed by atoms with Crippen LogP contribution >= 0.6 is 0 Å². The maximum atomic E-state index is 10.7. The molecule has 0 heterocycles. The fourth-order valence-electron chi connectivity index (χ4n) is 1.84. The fraction of sp³-hybridized carbons (Fsp3) is 0.842. The van der Waals surface area contributed by atoms with Crippen LogP contribution < -0.4 is 0 Å². The van der Waals surface area contributed by atoms with Gasteiger partial charge in [-0.1, -0.05) is 6.58 Å². The number of carbonyl (C=O) groups is 1. The molecule has 0 aromatic rings. The first-order chi connectivity index (χ1) is 14.2. The molecule has 2 atom stereocenters. The molecule has 0 bridgehead atoms. The van der Waals surface area contributed by atoms with Gasteiger partial charge in [-0.15, -0.1) is 0 Å². The van der Waals surface area contributed by atoms with Gasteiger partial charge >= 0.3 is 5.97 Å². The second-order valence-corrected chi connectivity index (χ2v) is 6.81. The van der Waals surface area contributed by atoms with Gasteiger partial charge in [0.05, 0.1) is 63.7 Å². The highest BCUT2D eigenvalue weighted by Gasteiger charge is 2.32. The minimum atomic E-state index is -1.16. The molecule has 11 heteroatoms. The van der Waals surface area contributed by atoms with Crippen LogP contribution in [-0.2, 0) is 23.7 Å². The lowest BCUT2D eigenvalue weighted by molar-refractivity contribution is -0.225. The van der Waals surface area contributed by atoms with Crippen LogP contribution in [0.1, 0.15) is 20.8 Å². The average molecular weight is 443 g/mol. The third kappa shape index (κ3) is 12.5. The molecule has 0 aliphatic heterocycles. The molecular formula is C19H38O11. The number of rotatable bonds is 16. The predicted octanol–water partition coefficient (Wildman–Crippen LogP) is -1.61. The van der Waals surface area contributed by atoms with Crippen molar-refractivity contribution in [3.8, 4) is 0 Å². The highest BCUT2D eigenvalue weighted by Crippen LogP contribution is 2.19. The normalized spacial score (nSPS) is 13.8. The molecule has 0 rings (SSSR count). The maximum absolute atomic E-state index is 10.7. The third-order valence-electron chi connectivity index (χ3n) is 4.06. The quantitative estimate of drug-likeness (QED) is 0.0921. The van der Waals surface area contributed by atoms with Crippen molar-refractivity contribution in [1.29, 1.82) is 0 Å². The highest BCUT2D eigenvalue weighted by atomic mass is 16.8. The van der Waals surface area contributed by atoms with Crippen LogP contribution in [0.2, 0.25) is 0 Å². The van der Waals surface area contributed by atoms with E-state index in [-0.39, 0.29) is 19.5 Å². The van der Waals surface area contributed by atoms with Crippen molar-refractivity contribution in [1.82, 2.24) is 0 Å². The fourth-order valence-corrected chi connectivity index (χ4v) is 1.84. The number of esters is 1. The molecule has 0 spiro atoms. The molecule has 6 N–H and O–H groups in total. The Morgan fingerprint density at radius 2 is 1.27 bits per heavy atom. The summed E-state index contributed by atoms with van der Waals surface area (Å²) in [5, 5.41) is 54.2. The molecular weight excluding hydrogens is 404 g/mol. The molecule has 0 aromatic heterocycles. The third-order valence-corrected chi connectivity index (χ3v) is 4.06. The summed E-state index contributed by atoms with van der Waals surface area (Å²) < 4.78 is 20.1. The zero-order valence-electron chi connectivity index (χ0n) is 18.0. The minimum Gasteiger partial charge on any atom is -0.433 e. The largest absolute Gasteiger partial charge is 0.433 e. The van der Waals surface area contributed by atoms with E-state index >= 15 is 0 Å². The van der Waals surface area contributed by atoms with Gasteiger partial charge in [0.15, 0.2) is 6.29 Å². The van der Waals surface area contributed by atoms with Crippen molar-refractivity contribution in [3.63, 3.8) is 0 Å². The number of hydrogen-bond acceptors (Lipinski definition) is 11. The van der Waals surface area contributed by atoms with E-state index in [1.54, 1.807) is 13.8 Å². The Kier molecular flexibility index (Phi) is 18.1. The van der Waals surface area contributed by atoms with Gasteiger partial charge in [-0.05, 0) is 20.8 Å². The van der Waals surface area contributed by atoms with Crippen molar-refractivity contribution < 1.29 is 54.4 Å². The summed E-state index contributed by atoms with van der Waals surface area (Å²) in [7, 11) is 0. The minimum absolute atomic E-state index is 0.141. The number of hydrogen-bond donors (Lipinski definition) is 6. The summed E-state index contributed by atoms with van der Waals surface area (Å²) in [5.74, 6) is -0.504. The van der Waals surface area contributed by atoms with Crippen molar-refractivity contribution in [2.24, 2.45) is 10.8 Å². The average Bonchev–Trinajstić information content (AvgIpc) is 2.75. The van der Waals surface area contributed by atoms with Crippen LogP contribution in [0.15, 0.2) is 12.7 Å². The molecule has 11 nitrogen and oxygen atoms in total. The van der Waals surface area contributed by atoms with E-state index in [0.29, 0.717) is 6.61 Å². The summed E-state index contributed by atoms with van der Waals surface area (Å²) in [6, 6.07) is 0. The van der Waals surface area contributed by atoms with E-state index in [2.05, 4.69) is 6.58 Å². The van der Waals surface area contributed by atoms with Gasteiger partial charge in [0.2, 0.25) is 6.29 Å². The van der Waals surface area contributed by atoms with Crippen molar-refractivity contribution in [2.45, 2.75) is 33.4 Å². The van der Waals surface area contributed by atoms with Gasteiger partial charge in [-0.25, -0.2) is 4.79 Å². The van der Waals surface area contributed by atoms with Gasteiger partial charge in [0.25, 0.3) is 0 Å². The number of ether oxygens (including phenoxy) is 4. The Morgan fingerprint density at radius 3 is 1.57 bits per heavy atom. The Morgan fingerprint density at radius 1 is 0.867 bits per heavy atom. The molecule has 0 radical (unpaired) electrons. The Hall–Kier alpha value is -1.15. The summed E-state index contributed by atoms with van der Waals surface area (Å²) in [5.41, 5.74) is -2.32. The molecule has 0 amide bonds. The Bertz CT molecular complexity index is 400. The van der Waals surface area contributed by atoms with Crippen LogP contribution in [-0.4, -0.2) is 109 Å². The lowest BCUT2D eigenvalue weighted by Crippen LogP contribution is -2.43. The summed E-state index contributed by atoms with van der Waals surface area (Å²) in [6.45, 7) is 6.04. The first-order valence-electron chi connectivity index (χ1n) is 9.50. The molecule has 0 fully saturated rings. The van der Waals surface area contributed by atoms with E-state index in [4.69, 9.17) is 49.6 Å². The first-order valence-corrected chi connectivity index (χ1v) is 9.50. The molecule has 0 aromatic carbocycles. The van der Waals surface area contributed by atoms with E-state index in [0.717, 1.165) is 6.08 Å². The van der Waals surface area contributed by atoms with Crippen molar-refractivity contribution in [3.05, 3.63) is 12.7 Å². The van der Waals surface area contributed by atoms with Gasteiger partial charge in [-0.2, -0.15) is 0 Å². The van der Waals surface area contributed by atoms with E-state index in [9.17, 15) is 4.79 Å². The van der Waals surface area contributed by atoms with Crippen molar-refractivity contribution in [2.75, 3.05) is 59.5 Å². The van der Waals surface area contributed by atoms with Crippen LogP contribution in [0.25, 0.3) is 0 Å². The predicted molar refractivity (Wildman–Crippen MR) is 106 cm³/mol. The molecule has 0 aliphatic carbocycles. The SMILES string of the molecule is C=CC(=O)OC(C)OC(C)OCC.OCC(CO)(CO)COCC(CO)(CO)CO. The lowest BCUT2D eigenvalue weighted by Gasteiger charge is -2.31. The molecule has 0 saturated carbocycles. The van der Waals surface area contributed by atoms with Crippen molar-refractivity contribution >= 4 is 5.97 Å². The summed E-state index contributed by atoms with van der Waals surface area (Å²) in [6.07, 6.45) is 0.0928. The van der Waals surface area contributed by atoms with Crippen LogP contribution in [0, 0.1) is 10.8 Å². The van der Waals surface area contributed by atoms with Gasteiger partial charge in [0.1, 0.15) is 0 Å². The number of aliphatic hydroxyl groups is 6. The zero-order valence-corrected chi connectivity index (χ0v) is 18.0. The number of aliphatic hydroxyl groups excluding tert-OH is 6. The van der Waals surface area contributed by atoms with E-state index < -0.39 is 62.7 Å². The zero-order chi connectivity index (χ0) is 23.6. The lowest BCUT2D eigenvalue weighted by atomic mass is 9.91. The van der Waals surface area contributed by atoms with Crippen LogP contribution in [0.4, 0.5) is 0 Å². The second kappa shape index (κ2) is 17.5. The second-order valence-electron chi connectivity index (χ2n) is 6.81. The molecule has 0 aliphatic rings. The number of carbonyl (C=O) groups excluding carboxylic acids is 1. The van der Waals surface area contributed by atoms with Gasteiger partial charge in [0, 0.05) is 12.7 Å². The topological polar surface area (TPSA) is 175 Å². The summed E-state index contributed by atoms with van der Waals surface area (Å²) in [4.78, 5) is 10.7. The standard InChI is InChI=1S/C10H22O7.C9H16O4/c11-1-9(2-12,3-13)7-17-8-10(4-14,5-15)6-16;1-5-9(10)13-8(4)12-7(3)11-6-2/h11-16H,1-8H2;5,7-8H,1,6H2,2-4H3. The molecule has 0 saturated heterocycles. The van der Waals surface area contributed by atoms with E-state index in [1.807, 2.05) is 6.92 Å². The Balaban J connectivity index is 0. The molecule has 30 heavy (non-hydrogen) atoms. The monoisotopic (exact) mass is 442 g/mol. The summed E-state index contributed by atoms with van der Waals surface area (Å²) >= 11 is 0. The molecule has 180 valence electrons.